The SMILES string of the molecule is CC(C)c1c(C(=O)Nc2ccccc2)c(-c2ccnc(Nc3ccccc3)n2)c(-c2ccc(F)cc2)n1CC[C@H]1C[C@@H](O)CC(=O)O1. The summed E-state index contributed by atoms with van der Waals surface area (Å²) in [5.41, 5.74) is 5.00. The molecule has 0 saturated carbocycles. The van der Waals surface area contributed by atoms with Crippen LogP contribution in [0, 0.1) is 5.82 Å². The molecule has 2 atom stereocenters. The van der Waals surface area contributed by atoms with Crippen LogP contribution >= 0.6 is 0 Å². The van der Waals surface area contributed by atoms with Gasteiger partial charge in [-0.05, 0) is 66.1 Å². The summed E-state index contributed by atoms with van der Waals surface area (Å²) in [4.78, 5) is 35.9. The first-order chi connectivity index (χ1) is 22.8. The number of ether oxygens (including phenoxy) is 1. The van der Waals surface area contributed by atoms with E-state index in [1.165, 1.54) is 12.1 Å². The number of aromatic nitrogens is 3. The second-order valence-corrected chi connectivity index (χ2v) is 11.9. The number of halogens is 1. The van der Waals surface area contributed by atoms with Crippen molar-refractivity contribution in [1.29, 1.82) is 0 Å². The van der Waals surface area contributed by atoms with E-state index in [1.807, 2.05) is 79.1 Å². The first kappa shape index (κ1) is 31.6. The highest BCUT2D eigenvalue weighted by Gasteiger charge is 2.33. The van der Waals surface area contributed by atoms with E-state index in [0.717, 1.165) is 11.4 Å². The standard InChI is InChI=1S/C37H36FN5O4/c1-23(2)34-33(36(46)40-26-9-5-3-6-10-26)32(30-17-19-39-37(42-30)41-27-11-7-4-8-12-27)35(24-13-15-25(38)16-14-24)43(34)20-18-29-21-28(44)22-31(45)47-29/h3-17,19,23,28-29,44H,18,20-22H2,1-2H3,(H,40,46)(H,39,41,42)/t28-,29+/m1/s1. The third-order valence-corrected chi connectivity index (χ3v) is 8.08. The lowest BCUT2D eigenvalue weighted by atomic mass is 9.97. The molecule has 3 N–H and O–H groups in total. The molecule has 0 unspecified atom stereocenters. The Labute approximate surface area is 272 Å². The van der Waals surface area contributed by atoms with Crippen LogP contribution in [-0.2, 0) is 16.1 Å². The van der Waals surface area contributed by atoms with Gasteiger partial charge in [0.2, 0.25) is 5.95 Å². The van der Waals surface area contributed by atoms with Crippen LogP contribution in [0.25, 0.3) is 22.5 Å². The fourth-order valence-electron chi connectivity index (χ4n) is 6.09. The zero-order valence-corrected chi connectivity index (χ0v) is 26.2. The van der Waals surface area contributed by atoms with Crippen molar-refractivity contribution < 1.29 is 23.8 Å². The van der Waals surface area contributed by atoms with Crippen LogP contribution in [0.1, 0.15) is 55.1 Å². The van der Waals surface area contributed by atoms with E-state index in [1.54, 1.807) is 24.4 Å². The molecule has 1 fully saturated rings. The zero-order valence-electron chi connectivity index (χ0n) is 26.2. The van der Waals surface area contributed by atoms with Gasteiger partial charge in [0.05, 0.1) is 29.5 Å². The number of anilines is 3. The number of esters is 1. The first-order valence-electron chi connectivity index (χ1n) is 15.7. The number of carbonyl (C=O) groups is 2. The Morgan fingerprint density at radius 3 is 2.34 bits per heavy atom. The number of aliphatic hydroxyl groups is 1. The van der Waals surface area contributed by atoms with Crippen molar-refractivity contribution in [2.24, 2.45) is 0 Å². The summed E-state index contributed by atoms with van der Waals surface area (Å²) in [6.07, 6.45) is 1.06. The van der Waals surface area contributed by atoms with Crippen molar-refractivity contribution in [3.63, 3.8) is 0 Å². The summed E-state index contributed by atoms with van der Waals surface area (Å²) in [5.74, 6) is -0.947. The van der Waals surface area contributed by atoms with Crippen LogP contribution in [-0.4, -0.2) is 43.7 Å². The van der Waals surface area contributed by atoms with E-state index in [2.05, 4.69) is 15.6 Å². The molecule has 10 heteroatoms. The minimum absolute atomic E-state index is 0.0287. The number of hydrogen-bond donors (Lipinski definition) is 3. The van der Waals surface area contributed by atoms with E-state index >= 15 is 0 Å². The number of aliphatic hydroxyl groups excluding tert-OH is 1. The van der Waals surface area contributed by atoms with Crippen LogP contribution in [0.3, 0.4) is 0 Å². The minimum atomic E-state index is -0.772. The third-order valence-electron chi connectivity index (χ3n) is 8.08. The quantitative estimate of drug-likeness (QED) is 0.138. The molecule has 240 valence electrons. The summed E-state index contributed by atoms with van der Waals surface area (Å²) < 4.78 is 21.9. The molecule has 0 radical (unpaired) electrons. The second-order valence-electron chi connectivity index (χ2n) is 11.9. The number of carbonyl (C=O) groups excluding carboxylic acids is 2. The number of benzene rings is 3. The lowest BCUT2D eigenvalue weighted by Crippen LogP contribution is -2.33. The van der Waals surface area contributed by atoms with Gasteiger partial charge in [-0.1, -0.05) is 50.2 Å². The van der Waals surface area contributed by atoms with Crippen molar-refractivity contribution in [3.05, 3.63) is 114 Å². The number of hydrogen-bond acceptors (Lipinski definition) is 7. The summed E-state index contributed by atoms with van der Waals surface area (Å²) in [7, 11) is 0. The summed E-state index contributed by atoms with van der Waals surface area (Å²) in [5, 5.41) is 16.6. The molecule has 0 aliphatic carbocycles. The fourth-order valence-corrected chi connectivity index (χ4v) is 6.09. The lowest BCUT2D eigenvalue weighted by molar-refractivity contribution is -0.160. The molecule has 3 heterocycles. The Morgan fingerprint density at radius 1 is 1.00 bits per heavy atom. The Hall–Kier alpha value is -5.35. The highest BCUT2D eigenvalue weighted by atomic mass is 19.1. The molecule has 9 nitrogen and oxygen atoms in total. The molecule has 6 rings (SSSR count). The van der Waals surface area contributed by atoms with Gasteiger partial charge in [-0.15, -0.1) is 0 Å². The Kier molecular flexibility index (Phi) is 9.40. The van der Waals surface area contributed by atoms with Crippen molar-refractivity contribution in [3.8, 4) is 22.5 Å². The average Bonchev–Trinajstić information content (AvgIpc) is 3.40. The van der Waals surface area contributed by atoms with Gasteiger partial charge < -0.3 is 25.0 Å². The van der Waals surface area contributed by atoms with Gasteiger partial charge >= 0.3 is 5.97 Å². The van der Waals surface area contributed by atoms with Crippen LogP contribution in [0.15, 0.2) is 97.2 Å². The average molecular weight is 634 g/mol. The molecule has 47 heavy (non-hydrogen) atoms. The molecule has 0 spiro atoms. The van der Waals surface area contributed by atoms with Crippen molar-refractivity contribution >= 4 is 29.2 Å². The summed E-state index contributed by atoms with van der Waals surface area (Å²) >= 11 is 0. The van der Waals surface area contributed by atoms with Gasteiger partial charge in [-0.2, -0.15) is 0 Å². The maximum atomic E-state index is 14.4. The van der Waals surface area contributed by atoms with Crippen molar-refractivity contribution in [2.75, 3.05) is 10.6 Å². The van der Waals surface area contributed by atoms with Crippen molar-refractivity contribution in [1.82, 2.24) is 14.5 Å². The van der Waals surface area contributed by atoms with Gasteiger partial charge in [0, 0.05) is 48.2 Å². The highest BCUT2D eigenvalue weighted by Crippen LogP contribution is 2.42. The molecule has 1 aliphatic heterocycles. The van der Waals surface area contributed by atoms with E-state index in [9.17, 15) is 19.1 Å². The topological polar surface area (TPSA) is 118 Å². The summed E-state index contributed by atoms with van der Waals surface area (Å²) in [6.45, 7) is 4.38. The van der Waals surface area contributed by atoms with Crippen LogP contribution in [0.2, 0.25) is 0 Å². The Balaban J connectivity index is 1.55. The number of para-hydroxylation sites is 2. The van der Waals surface area contributed by atoms with Crippen LogP contribution < -0.4 is 10.6 Å². The normalized spacial score (nSPS) is 16.1. The third kappa shape index (κ3) is 7.23. The number of rotatable bonds is 10. The number of cyclic esters (lactones) is 1. The molecule has 3 aromatic carbocycles. The predicted molar refractivity (Wildman–Crippen MR) is 179 cm³/mol. The van der Waals surface area contributed by atoms with Crippen molar-refractivity contribution in [2.45, 2.75) is 57.8 Å². The van der Waals surface area contributed by atoms with Crippen LogP contribution in [0.4, 0.5) is 21.7 Å². The van der Waals surface area contributed by atoms with E-state index in [-0.39, 0.29) is 24.1 Å². The number of nitrogens with one attached hydrogen (secondary N) is 2. The largest absolute Gasteiger partial charge is 0.462 e. The van der Waals surface area contributed by atoms with E-state index in [4.69, 9.17) is 9.72 Å². The fraction of sp³-hybridized carbons (Fsp3) is 0.243. The van der Waals surface area contributed by atoms with E-state index in [0.29, 0.717) is 59.1 Å². The molecule has 0 bridgehead atoms. The van der Waals surface area contributed by atoms with Gasteiger partial charge in [0.15, 0.2) is 0 Å². The molecule has 2 aromatic heterocycles. The number of nitrogens with zero attached hydrogens (tertiary/aromatic N) is 3. The second kappa shape index (κ2) is 14.0. The van der Waals surface area contributed by atoms with Gasteiger partial charge in [-0.3, -0.25) is 9.59 Å². The molecule has 1 aliphatic rings. The molecular weight excluding hydrogens is 597 g/mol. The molecular formula is C37H36FN5O4. The Bertz CT molecular complexity index is 1860. The minimum Gasteiger partial charge on any atom is -0.462 e. The summed E-state index contributed by atoms with van der Waals surface area (Å²) in [6, 6.07) is 26.6. The molecule has 1 amide bonds. The maximum Gasteiger partial charge on any atom is 0.308 e. The van der Waals surface area contributed by atoms with Gasteiger partial charge in [0.1, 0.15) is 11.9 Å². The Morgan fingerprint density at radius 2 is 1.68 bits per heavy atom. The lowest BCUT2D eigenvalue weighted by Gasteiger charge is -2.27. The maximum absolute atomic E-state index is 14.4. The zero-order chi connectivity index (χ0) is 32.9. The van der Waals surface area contributed by atoms with Crippen LogP contribution in [0.5, 0.6) is 0 Å². The molecule has 1 saturated heterocycles. The monoisotopic (exact) mass is 633 g/mol. The highest BCUT2D eigenvalue weighted by molar-refractivity contribution is 6.12. The van der Waals surface area contributed by atoms with E-state index < -0.39 is 18.2 Å². The van der Waals surface area contributed by atoms with Gasteiger partial charge in [0.25, 0.3) is 5.91 Å². The smallest absolute Gasteiger partial charge is 0.308 e. The van der Waals surface area contributed by atoms with Gasteiger partial charge in [-0.25, -0.2) is 14.4 Å². The molecule has 5 aromatic rings. The first-order valence-corrected chi connectivity index (χ1v) is 15.7. The number of amides is 1. The predicted octanol–water partition coefficient (Wildman–Crippen LogP) is 7.33.